The van der Waals surface area contributed by atoms with Gasteiger partial charge in [0.15, 0.2) is 0 Å². The van der Waals surface area contributed by atoms with Crippen molar-refractivity contribution < 1.29 is 9.53 Å². The summed E-state index contributed by atoms with van der Waals surface area (Å²) in [5.41, 5.74) is 2.44. The largest absolute Gasteiger partial charge is 0.473 e. The molecule has 0 amide bonds. The van der Waals surface area contributed by atoms with Crippen LogP contribution < -0.4 is 4.74 Å². The number of hydrogen-bond donors (Lipinski definition) is 0. The third-order valence-corrected chi connectivity index (χ3v) is 2.71. The van der Waals surface area contributed by atoms with Gasteiger partial charge in [0.1, 0.15) is 12.9 Å². The molecule has 0 bridgehead atoms. The average Bonchev–Trinajstić information content (AvgIpc) is 2.40. The molecule has 1 aromatic rings. The maximum Gasteiger partial charge on any atom is 0.213 e. The van der Waals surface area contributed by atoms with Crippen LogP contribution in [0.3, 0.4) is 0 Å². The van der Waals surface area contributed by atoms with E-state index in [1.807, 2.05) is 30.4 Å². The van der Waals surface area contributed by atoms with Crippen molar-refractivity contribution in [3.63, 3.8) is 0 Å². The van der Waals surface area contributed by atoms with Crippen LogP contribution in [0.15, 0.2) is 47.7 Å². The van der Waals surface area contributed by atoms with E-state index in [9.17, 15) is 4.79 Å². The quantitative estimate of drug-likeness (QED) is 0.729. The first-order valence-electron chi connectivity index (χ1n) is 5.73. The van der Waals surface area contributed by atoms with Crippen LogP contribution in [0.1, 0.15) is 19.3 Å². The van der Waals surface area contributed by atoms with Gasteiger partial charge in [-0.05, 0) is 24.5 Å². The predicted octanol–water partition coefficient (Wildman–Crippen LogP) is 2.70. The highest BCUT2D eigenvalue weighted by atomic mass is 16.5. The van der Waals surface area contributed by atoms with Crippen LogP contribution in [0.5, 0.6) is 5.88 Å². The minimum absolute atomic E-state index is 0.547. The van der Waals surface area contributed by atoms with E-state index >= 15 is 0 Å². The van der Waals surface area contributed by atoms with E-state index in [4.69, 9.17) is 4.74 Å². The van der Waals surface area contributed by atoms with Crippen molar-refractivity contribution in [2.75, 3.05) is 6.61 Å². The Labute approximate surface area is 101 Å². The Bertz CT molecular complexity index is 435. The maximum absolute atomic E-state index is 10.4. The second kappa shape index (κ2) is 5.99. The van der Waals surface area contributed by atoms with Gasteiger partial charge in [0, 0.05) is 18.7 Å². The summed E-state index contributed by atoms with van der Waals surface area (Å²) in [5, 5.41) is 0. The molecular weight excluding hydrogens is 214 g/mol. The summed E-state index contributed by atoms with van der Waals surface area (Å²) in [6.45, 7) is 0.571. The van der Waals surface area contributed by atoms with Crippen molar-refractivity contribution in [3.05, 3.63) is 47.7 Å². The smallest absolute Gasteiger partial charge is 0.213 e. The summed E-state index contributed by atoms with van der Waals surface area (Å²) < 4.78 is 5.56. The number of allylic oxidation sites excluding steroid dienone is 3. The van der Waals surface area contributed by atoms with Crippen LogP contribution in [0.4, 0.5) is 0 Å². The van der Waals surface area contributed by atoms with Crippen LogP contribution in [0, 0.1) is 0 Å². The van der Waals surface area contributed by atoms with E-state index in [-0.39, 0.29) is 0 Å². The second-order valence-electron chi connectivity index (χ2n) is 3.98. The predicted molar refractivity (Wildman–Crippen MR) is 65.8 cm³/mol. The lowest BCUT2D eigenvalue weighted by Gasteiger charge is -2.13. The average molecular weight is 229 g/mol. The molecule has 1 aliphatic rings. The third-order valence-electron chi connectivity index (χ3n) is 2.71. The zero-order valence-corrected chi connectivity index (χ0v) is 9.63. The number of aromatic nitrogens is 1. The van der Waals surface area contributed by atoms with E-state index in [1.165, 1.54) is 11.1 Å². The van der Waals surface area contributed by atoms with Gasteiger partial charge in [0.25, 0.3) is 0 Å². The Morgan fingerprint density at radius 3 is 2.71 bits per heavy atom. The van der Waals surface area contributed by atoms with Crippen molar-refractivity contribution in [1.29, 1.82) is 0 Å². The Balaban J connectivity index is 1.87. The van der Waals surface area contributed by atoms with E-state index in [2.05, 4.69) is 4.98 Å². The SMILES string of the molecule is O=CCC1=CC=C(COc2ccccn2)CC1. The Morgan fingerprint density at radius 2 is 2.06 bits per heavy atom. The molecule has 0 spiro atoms. The first-order valence-corrected chi connectivity index (χ1v) is 5.73. The molecule has 1 heterocycles. The zero-order valence-electron chi connectivity index (χ0n) is 9.63. The fourth-order valence-corrected chi connectivity index (χ4v) is 1.72. The summed E-state index contributed by atoms with van der Waals surface area (Å²) in [4.78, 5) is 14.5. The summed E-state index contributed by atoms with van der Waals surface area (Å²) >= 11 is 0. The van der Waals surface area contributed by atoms with E-state index in [0.717, 1.165) is 19.1 Å². The molecule has 1 aliphatic carbocycles. The van der Waals surface area contributed by atoms with E-state index in [0.29, 0.717) is 18.9 Å². The summed E-state index contributed by atoms with van der Waals surface area (Å²) in [7, 11) is 0. The van der Waals surface area contributed by atoms with Crippen molar-refractivity contribution in [1.82, 2.24) is 4.98 Å². The Hall–Kier alpha value is -1.90. The third kappa shape index (κ3) is 3.55. The summed E-state index contributed by atoms with van der Waals surface area (Å²) in [6.07, 6.45) is 9.20. The fourth-order valence-electron chi connectivity index (χ4n) is 1.72. The number of hydrogen-bond acceptors (Lipinski definition) is 3. The van der Waals surface area contributed by atoms with Crippen molar-refractivity contribution in [2.24, 2.45) is 0 Å². The molecule has 0 N–H and O–H groups in total. The Morgan fingerprint density at radius 1 is 1.24 bits per heavy atom. The highest BCUT2D eigenvalue weighted by Gasteiger charge is 2.06. The number of ether oxygens (including phenoxy) is 1. The van der Waals surface area contributed by atoms with Crippen LogP contribution in [-0.4, -0.2) is 17.9 Å². The number of carbonyl (C=O) groups excluding carboxylic acids is 1. The van der Waals surface area contributed by atoms with Crippen LogP contribution in [0.2, 0.25) is 0 Å². The molecule has 17 heavy (non-hydrogen) atoms. The molecule has 0 saturated carbocycles. The molecule has 3 nitrogen and oxygen atoms in total. The number of pyridine rings is 1. The van der Waals surface area contributed by atoms with Crippen molar-refractivity contribution in [2.45, 2.75) is 19.3 Å². The van der Waals surface area contributed by atoms with Gasteiger partial charge in [-0.2, -0.15) is 0 Å². The van der Waals surface area contributed by atoms with Gasteiger partial charge in [-0.25, -0.2) is 4.98 Å². The van der Waals surface area contributed by atoms with Gasteiger partial charge in [-0.3, -0.25) is 0 Å². The number of carbonyl (C=O) groups is 1. The van der Waals surface area contributed by atoms with Gasteiger partial charge in [0.2, 0.25) is 5.88 Å². The van der Waals surface area contributed by atoms with Gasteiger partial charge < -0.3 is 9.53 Å². The fraction of sp³-hybridized carbons (Fsp3) is 0.286. The zero-order chi connectivity index (χ0) is 11.9. The molecule has 1 aromatic heterocycles. The lowest BCUT2D eigenvalue weighted by Crippen LogP contribution is -2.05. The highest BCUT2D eigenvalue weighted by molar-refractivity contribution is 5.55. The van der Waals surface area contributed by atoms with Crippen molar-refractivity contribution in [3.8, 4) is 5.88 Å². The summed E-state index contributed by atoms with van der Waals surface area (Å²) in [5.74, 6) is 0.649. The van der Waals surface area contributed by atoms with Crippen LogP contribution in [0.25, 0.3) is 0 Å². The topological polar surface area (TPSA) is 39.2 Å². The number of nitrogens with zero attached hydrogens (tertiary/aromatic N) is 1. The number of rotatable bonds is 5. The molecule has 0 radical (unpaired) electrons. The minimum Gasteiger partial charge on any atom is -0.473 e. The molecule has 0 fully saturated rings. The standard InChI is InChI=1S/C14H15NO2/c16-10-8-12-4-6-13(7-5-12)11-17-14-3-1-2-9-15-14/h1-4,6,9-10H,5,7-8,11H2. The molecular formula is C14H15NO2. The minimum atomic E-state index is 0.547. The first-order chi connectivity index (χ1) is 8.38. The molecule has 0 aliphatic heterocycles. The van der Waals surface area contributed by atoms with Gasteiger partial charge >= 0.3 is 0 Å². The summed E-state index contributed by atoms with van der Waals surface area (Å²) in [6, 6.07) is 5.61. The van der Waals surface area contributed by atoms with Gasteiger partial charge in [-0.15, -0.1) is 0 Å². The monoisotopic (exact) mass is 229 g/mol. The van der Waals surface area contributed by atoms with Crippen molar-refractivity contribution >= 4 is 6.29 Å². The first kappa shape index (κ1) is 11.6. The molecule has 0 unspecified atom stereocenters. The molecule has 3 heteroatoms. The van der Waals surface area contributed by atoms with Crippen LogP contribution in [-0.2, 0) is 4.79 Å². The molecule has 88 valence electrons. The van der Waals surface area contributed by atoms with Crippen LogP contribution >= 0.6 is 0 Å². The molecule has 0 aromatic carbocycles. The van der Waals surface area contributed by atoms with Gasteiger partial charge in [-0.1, -0.05) is 23.8 Å². The Kier molecular flexibility index (Phi) is 4.08. The van der Waals surface area contributed by atoms with E-state index < -0.39 is 0 Å². The second-order valence-corrected chi connectivity index (χ2v) is 3.98. The maximum atomic E-state index is 10.4. The van der Waals surface area contributed by atoms with E-state index in [1.54, 1.807) is 6.20 Å². The molecule has 0 saturated heterocycles. The molecule has 2 rings (SSSR count). The normalized spacial score (nSPS) is 14.8. The lowest BCUT2D eigenvalue weighted by molar-refractivity contribution is -0.107. The molecule has 0 atom stereocenters. The number of aldehydes is 1. The van der Waals surface area contributed by atoms with Gasteiger partial charge in [0.05, 0.1) is 0 Å². The highest BCUT2D eigenvalue weighted by Crippen LogP contribution is 2.20. The lowest BCUT2D eigenvalue weighted by atomic mass is 9.97.